The Morgan fingerprint density at radius 1 is 0.821 bits per heavy atom. The van der Waals surface area contributed by atoms with Crippen LogP contribution in [0.25, 0.3) is 0 Å². The minimum atomic E-state index is -2.19. The van der Waals surface area contributed by atoms with Crippen LogP contribution in [0.1, 0.15) is 43.2 Å². The third-order valence-corrected chi connectivity index (χ3v) is 14.5. The quantitative estimate of drug-likeness (QED) is 0.482. The van der Waals surface area contributed by atoms with E-state index in [2.05, 4.69) is 91.0 Å². The van der Waals surface area contributed by atoms with Crippen LogP contribution in [0.3, 0.4) is 0 Å². The molecule has 3 aliphatic carbocycles. The molecule has 1 heteroatoms. The van der Waals surface area contributed by atoms with Gasteiger partial charge in [-0.25, -0.2) is 0 Å². The van der Waals surface area contributed by atoms with Crippen molar-refractivity contribution < 1.29 is 21.3 Å². The van der Waals surface area contributed by atoms with Crippen molar-refractivity contribution in [2.45, 2.75) is 35.7 Å². The van der Waals surface area contributed by atoms with Gasteiger partial charge in [0, 0.05) is 0 Å². The van der Waals surface area contributed by atoms with E-state index in [1.54, 1.807) is 17.6 Å². The van der Waals surface area contributed by atoms with E-state index in [4.69, 9.17) is 0 Å². The summed E-state index contributed by atoms with van der Waals surface area (Å²) in [6.07, 6.45) is 18.7. The average Bonchev–Trinajstić information content (AvgIpc) is 3.44. The second kappa shape index (κ2) is 8.26. The van der Waals surface area contributed by atoms with Gasteiger partial charge >= 0.3 is 177 Å². The summed E-state index contributed by atoms with van der Waals surface area (Å²) in [5, 5.41) is 0. The van der Waals surface area contributed by atoms with E-state index in [0.29, 0.717) is 3.63 Å². The molecule has 0 aromatic heterocycles. The summed E-state index contributed by atoms with van der Waals surface area (Å²) < 4.78 is 4.12. The van der Waals surface area contributed by atoms with Gasteiger partial charge < -0.3 is 0 Å². The molecule has 0 N–H and O–H groups in total. The van der Waals surface area contributed by atoms with E-state index in [0.717, 1.165) is 6.42 Å². The van der Waals surface area contributed by atoms with Gasteiger partial charge in [-0.2, -0.15) is 0 Å². The summed E-state index contributed by atoms with van der Waals surface area (Å²) >= 11 is -2.19. The van der Waals surface area contributed by atoms with Crippen LogP contribution in [0, 0.1) is 0 Å². The van der Waals surface area contributed by atoms with Crippen LogP contribution in [-0.2, 0) is 21.3 Å². The Balaban J connectivity index is 1.76. The fourth-order valence-electron chi connectivity index (χ4n) is 4.95. The Labute approximate surface area is 176 Å². The van der Waals surface area contributed by atoms with Crippen LogP contribution in [-0.4, -0.2) is 3.21 Å². The molecule has 3 aliphatic rings. The third-order valence-electron chi connectivity index (χ3n) is 6.24. The second-order valence-electron chi connectivity index (χ2n) is 7.94. The van der Waals surface area contributed by atoms with E-state index < -0.39 is 21.3 Å². The van der Waals surface area contributed by atoms with Gasteiger partial charge in [0.1, 0.15) is 0 Å². The molecule has 0 saturated carbocycles. The van der Waals surface area contributed by atoms with Crippen LogP contribution in [0.5, 0.6) is 0 Å². The topological polar surface area (TPSA) is 0 Å². The number of rotatable bonds is 4. The molecule has 0 bridgehead atoms. The zero-order chi connectivity index (χ0) is 18.8. The zero-order valence-electron chi connectivity index (χ0n) is 16.3. The Kier molecular flexibility index (Phi) is 5.37. The normalized spacial score (nSPS) is 20.3. The van der Waals surface area contributed by atoms with E-state index in [1.165, 1.54) is 36.8 Å². The van der Waals surface area contributed by atoms with Crippen LogP contribution in [0.15, 0.2) is 105 Å². The fraction of sp³-hybridized carbons (Fsp3) is 0.222. The van der Waals surface area contributed by atoms with E-state index >= 15 is 0 Å². The van der Waals surface area contributed by atoms with Crippen molar-refractivity contribution in [2.24, 2.45) is 0 Å². The molecule has 0 fully saturated rings. The summed E-state index contributed by atoms with van der Waals surface area (Å²) in [5.74, 6) is 0. The molecule has 0 heterocycles. The maximum atomic E-state index is 2.59. The van der Waals surface area contributed by atoms with E-state index in [9.17, 15) is 0 Å². The Bertz CT molecular complexity index is 975. The van der Waals surface area contributed by atoms with E-state index in [1.807, 2.05) is 0 Å². The van der Waals surface area contributed by atoms with Crippen LogP contribution < -0.4 is 0 Å². The summed E-state index contributed by atoms with van der Waals surface area (Å²) in [6, 6.07) is 22.4. The summed E-state index contributed by atoms with van der Waals surface area (Å²) in [4.78, 5) is 0. The first-order valence-corrected chi connectivity index (χ1v) is 14.4. The van der Waals surface area contributed by atoms with Crippen LogP contribution >= 0.6 is 0 Å². The minimum absolute atomic E-state index is 0.694. The van der Waals surface area contributed by atoms with Crippen molar-refractivity contribution in [2.75, 3.05) is 0 Å². The molecular weight excluding hydrogens is 416 g/mol. The monoisotopic (exact) mass is 440 g/mol. The van der Waals surface area contributed by atoms with Gasteiger partial charge in [-0.1, -0.05) is 0 Å². The number of benzene rings is 2. The molecule has 138 valence electrons. The van der Waals surface area contributed by atoms with Crippen molar-refractivity contribution in [3.63, 3.8) is 0 Å². The fourth-order valence-corrected chi connectivity index (χ4v) is 13.7. The molecule has 0 amide bonds. The van der Waals surface area contributed by atoms with Gasteiger partial charge in [-0.15, -0.1) is 0 Å². The molecule has 5 rings (SSSR count). The van der Waals surface area contributed by atoms with Crippen molar-refractivity contribution >= 4 is 3.21 Å². The van der Waals surface area contributed by atoms with E-state index in [-0.39, 0.29) is 0 Å². The van der Waals surface area contributed by atoms with Gasteiger partial charge in [0.15, 0.2) is 0 Å². The summed E-state index contributed by atoms with van der Waals surface area (Å²) in [6.45, 7) is 0. The van der Waals surface area contributed by atoms with Gasteiger partial charge in [-0.05, 0) is 0 Å². The molecule has 0 nitrogen and oxygen atoms in total. The van der Waals surface area contributed by atoms with Gasteiger partial charge in [0.05, 0.1) is 0 Å². The molecule has 0 spiro atoms. The molecule has 28 heavy (non-hydrogen) atoms. The Morgan fingerprint density at radius 3 is 2.14 bits per heavy atom. The number of hydrogen-bond acceptors (Lipinski definition) is 0. The first-order chi connectivity index (χ1) is 13.9. The van der Waals surface area contributed by atoms with Crippen molar-refractivity contribution in [1.29, 1.82) is 0 Å². The molecule has 0 radical (unpaired) electrons. The molecule has 1 atom stereocenters. The predicted octanol–water partition coefficient (Wildman–Crippen LogP) is 6.95. The molecule has 0 saturated heterocycles. The first-order valence-electron chi connectivity index (χ1n) is 10.5. The van der Waals surface area contributed by atoms with Crippen molar-refractivity contribution in [3.8, 4) is 0 Å². The third kappa shape index (κ3) is 3.46. The number of allylic oxidation sites excluding steroid dienone is 8. The predicted molar refractivity (Wildman–Crippen MR) is 116 cm³/mol. The standard InChI is InChI=1S/C13H10.C9H11.C5H5.Zr/c1-3-7-12(8-4-1)11-13-9-5-2-6-10-13;1-2-5-9-7-3-6-8(9)4-1;1-2-4-5-3-1;/h1-10H;3,6-7H,1-2,4-5H2;1-3H,4H2;. The van der Waals surface area contributed by atoms with Gasteiger partial charge in [0.2, 0.25) is 0 Å². The van der Waals surface area contributed by atoms with Gasteiger partial charge in [0.25, 0.3) is 0 Å². The maximum absolute atomic E-state index is 2.59. The SMILES string of the molecule is C1=CC[C]([Zr](=[C](c2ccccc2)c2ccccc2)[CH]2C=CC3=C2CCCC3)=C1. The van der Waals surface area contributed by atoms with Gasteiger partial charge in [-0.3, -0.25) is 0 Å². The second-order valence-corrected chi connectivity index (χ2v) is 14.3. The average molecular weight is 442 g/mol. The molecule has 2 aromatic carbocycles. The summed E-state index contributed by atoms with van der Waals surface area (Å²) in [5.41, 5.74) is 6.34. The number of hydrogen-bond donors (Lipinski definition) is 0. The Hall–Kier alpha value is -1.85. The molecule has 1 unspecified atom stereocenters. The molecular formula is C27H26Zr. The van der Waals surface area contributed by atoms with Crippen molar-refractivity contribution in [1.82, 2.24) is 0 Å². The first kappa shape index (κ1) is 18.2. The molecule has 0 aliphatic heterocycles. The van der Waals surface area contributed by atoms with Crippen LogP contribution in [0.2, 0.25) is 3.63 Å². The van der Waals surface area contributed by atoms with Crippen molar-refractivity contribution in [3.05, 3.63) is 117 Å². The summed E-state index contributed by atoms with van der Waals surface area (Å²) in [7, 11) is 0. The van der Waals surface area contributed by atoms with Crippen LogP contribution in [0.4, 0.5) is 0 Å². The molecule has 2 aromatic rings. The Morgan fingerprint density at radius 2 is 1.50 bits per heavy atom. The zero-order valence-corrected chi connectivity index (χ0v) is 18.7.